The van der Waals surface area contributed by atoms with E-state index in [4.69, 9.17) is 0 Å². The molecular formula is C40H42O4. The molecule has 0 saturated carbocycles. The second-order valence-corrected chi connectivity index (χ2v) is 12.5. The summed E-state index contributed by atoms with van der Waals surface area (Å²) in [5, 5.41) is 42.2. The molecule has 0 aliphatic rings. The van der Waals surface area contributed by atoms with Gasteiger partial charge in [-0.1, -0.05) is 72.8 Å². The molecule has 0 aliphatic carbocycles. The number of rotatable bonds is 6. The van der Waals surface area contributed by atoms with Gasteiger partial charge in [0.25, 0.3) is 0 Å². The molecule has 5 rings (SSSR count). The van der Waals surface area contributed by atoms with E-state index in [2.05, 4.69) is 24.3 Å². The van der Waals surface area contributed by atoms with Crippen molar-refractivity contribution in [3.8, 4) is 23.0 Å². The lowest BCUT2D eigenvalue weighted by Crippen LogP contribution is -2.08. The summed E-state index contributed by atoms with van der Waals surface area (Å²) in [6.45, 7) is 15.4. The number of phenolic OH excluding ortho intramolecular Hbond substituents is 4. The fourth-order valence-electron chi connectivity index (χ4n) is 6.66. The van der Waals surface area contributed by atoms with Gasteiger partial charge in [0.1, 0.15) is 23.0 Å². The lowest BCUT2D eigenvalue weighted by molar-refractivity contribution is 0.465. The van der Waals surface area contributed by atoms with Crippen LogP contribution in [0.1, 0.15) is 89.7 Å². The average Bonchev–Trinajstić information content (AvgIpc) is 2.97. The molecule has 4 heteroatoms. The molecule has 0 amide bonds. The summed E-state index contributed by atoms with van der Waals surface area (Å²) >= 11 is 0. The van der Waals surface area contributed by atoms with Crippen LogP contribution in [0.4, 0.5) is 0 Å². The first-order valence-electron chi connectivity index (χ1n) is 15.1. The Kier molecular flexibility index (Phi) is 8.22. The van der Waals surface area contributed by atoms with Crippen molar-refractivity contribution >= 4 is 0 Å². The minimum Gasteiger partial charge on any atom is -0.507 e. The highest BCUT2D eigenvalue weighted by atomic mass is 16.3. The van der Waals surface area contributed by atoms with Gasteiger partial charge in [0, 0.05) is 11.8 Å². The number of aryl methyl sites for hydroxylation is 8. The highest BCUT2D eigenvalue weighted by molar-refractivity contribution is 5.56. The van der Waals surface area contributed by atoms with E-state index in [1.54, 1.807) is 0 Å². The van der Waals surface area contributed by atoms with Crippen molar-refractivity contribution < 1.29 is 20.4 Å². The number of phenols is 4. The second kappa shape index (κ2) is 11.8. The van der Waals surface area contributed by atoms with Gasteiger partial charge in [-0.25, -0.2) is 0 Å². The summed E-state index contributed by atoms with van der Waals surface area (Å²) in [6, 6.07) is 25.1. The third-order valence-corrected chi connectivity index (χ3v) is 8.99. The van der Waals surface area contributed by atoms with Gasteiger partial charge >= 0.3 is 0 Å². The molecule has 0 aromatic heterocycles. The molecular weight excluding hydrogens is 544 g/mol. The van der Waals surface area contributed by atoms with E-state index >= 15 is 0 Å². The first kappa shape index (κ1) is 30.7. The highest BCUT2D eigenvalue weighted by Crippen LogP contribution is 2.41. The lowest BCUT2D eigenvalue weighted by Gasteiger charge is -2.25. The summed E-state index contributed by atoms with van der Waals surface area (Å²) < 4.78 is 0. The first-order chi connectivity index (χ1) is 20.8. The van der Waals surface area contributed by atoms with Gasteiger partial charge in [-0.05, 0) is 133 Å². The van der Waals surface area contributed by atoms with E-state index in [9.17, 15) is 20.4 Å². The van der Waals surface area contributed by atoms with Crippen LogP contribution in [0, 0.1) is 55.4 Å². The van der Waals surface area contributed by atoms with Crippen molar-refractivity contribution in [2.75, 3.05) is 0 Å². The van der Waals surface area contributed by atoms with Gasteiger partial charge in [-0.3, -0.25) is 0 Å². The van der Waals surface area contributed by atoms with Crippen LogP contribution in [0.25, 0.3) is 0 Å². The molecule has 0 atom stereocenters. The summed E-state index contributed by atoms with van der Waals surface area (Å²) in [5.41, 5.74) is 13.1. The number of hydrogen-bond acceptors (Lipinski definition) is 4. The highest BCUT2D eigenvalue weighted by Gasteiger charge is 2.24. The van der Waals surface area contributed by atoms with E-state index in [0.29, 0.717) is 23.0 Å². The minimum absolute atomic E-state index is 0.116. The smallest absolute Gasteiger partial charge is 0.121 e. The van der Waals surface area contributed by atoms with Crippen molar-refractivity contribution in [1.29, 1.82) is 0 Å². The van der Waals surface area contributed by atoms with Gasteiger partial charge < -0.3 is 20.4 Å². The van der Waals surface area contributed by atoms with E-state index in [1.807, 2.05) is 104 Å². The maximum Gasteiger partial charge on any atom is 0.121 e. The molecule has 0 aliphatic heterocycles. The molecule has 0 bridgehead atoms. The molecule has 0 spiro atoms. The van der Waals surface area contributed by atoms with E-state index < -0.39 is 0 Å². The Balaban J connectivity index is 1.70. The van der Waals surface area contributed by atoms with Crippen molar-refractivity contribution in [2.24, 2.45) is 0 Å². The molecule has 0 saturated heterocycles. The zero-order chi connectivity index (χ0) is 32.0. The fraction of sp³-hybridized carbons (Fsp3) is 0.250. The van der Waals surface area contributed by atoms with Gasteiger partial charge in [0.05, 0.1) is 0 Å². The molecule has 0 heterocycles. The number of hydrogen-bond donors (Lipinski definition) is 4. The van der Waals surface area contributed by atoms with E-state index in [1.165, 1.54) is 0 Å². The third-order valence-electron chi connectivity index (χ3n) is 8.99. The zero-order valence-corrected chi connectivity index (χ0v) is 26.9. The van der Waals surface area contributed by atoms with E-state index in [-0.39, 0.29) is 11.8 Å². The van der Waals surface area contributed by atoms with Gasteiger partial charge in [0.15, 0.2) is 0 Å². The molecule has 44 heavy (non-hydrogen) atoms. The lowest BCUT2D eigenvalue weighted by atomic mass is 9.79. The molecule has 5 aromatic carbocycles. The Morgan fingerprint density at radius 3 is 0.614 bits per heavy atom. The van der Waals surface area contributed by atoms with Crippen LogP contribution >= 0.6 is 0 Å². The van der Waals surface area contributed by atoms with Gasteiger partial charge in [-0.2, -0.15) is 0 Å². The van der Waals surface area contributed by atoms with Crippen LogP contribution in [0.2, 0.25) is 0 Å². The Hall–Kier alpha value is -4.70. The Morgan fingerprint density at radius 1 is 0.295 bits per heavy atom. The van der Waals surface area contributed by atoms with Crippen molar-refractivity contribution in [3.63, 3.8) is 0 Å². The van der Waals surface area contributed by atoms with Crippen LogP contribution < -0.4 is 0 Å². The van der Waals surface area contributed by atoms with E-state index in [0.717, 1.165) is 77.9 Å². The van der Waals surface area contributed by atoms with Crippen LogP contribution in [-0.2, 0) is 0 Å². The summed E-state index contributed by atoms with van der Waals surface area (Å²) in [6.07, 6.45) is 0. The van der Waals surface area contributed by atoms with Gasteiger partial charge in [0.2, 0.25) is 0 Å². The van der Waals surface area contributed by atoms with Crippen LogP contribution in [0.15, 0.2) is 72.8 Å². The van der Waals surface area contributed by atoms with Crippen molar-refractivity contribution in [2.45, 2.75) is 67.2 Å². The van der Waals surface area contributed by atoms with Crippen molar-refractivity contribution in [1.82, 2.24) is 0 Å². The standard InChI is InChI=1S/C40H42O4/c1-21-13-31(14-22(2)37(21)41)35(32-15-23(3)38(42)24(4)16-32)29-9-11-30(12-10-29)36(33-17-25(5)39(43)26(6)18-33)34-19-27(7)40(44)28(8)20-34/h9-20,35-36,41-44H,1-8H3. The number of benzene rings is 5. The third kappa shape index (κ3) is 5.65. The summed E-state index contributed by atoms with van der Waals surface area (Å²) in [4.78, 5) is 0. The maximum absolute atomic E-state index is 10.5. The molecule has 5 aromatic rings. The van der Waals surface area contributed by atoms with Crippen LogP contribution in [0.3, 0.4) is 0 Å². The molecule has 226 valence electrons. The van der Waals surface area contributed by atoms with Crippen LogP contribution in [0.5, 0.6) is 23.0 Å². The second-order valence-electron chi connectivity index (χ2n) is 12.5. The molecule has 0 unspecified atom stereocenters. The molecule has 0 radical (unpaired) electrons. The predicted molar refractivity (Wildman–Crippen MR) is 179 cm³/mol. The maximum atomic E-state index is 10.5. The summed E-state index contributed by atoms with van der Waals surface area (Å²) in [5.74, 6) is 1.00. The zero-order valence-electron chi connectivity index (χ0n) is 26.9. The minimum atomic E-state index is -0.116. The largest absolute Gasteiger partial charge is 0.507 e. The molecule has 4 N–H and O–H groups in total. The van der Waals surface area contributed by atoms with Gasteiger partial charge in [-0.15, -0.1) is 0 Å². The predicted octanol–water partition coefficient (Wildman–Crippen LogP) is 9.34. The molecule has 0 fully saturated rings. The first-order valence-corrected chi connectivity index (χ1v) is 15.1. The normalized spacial score (nSPS) is 11.5. The number of aromatic hydroxyl groups is 4. The Labute approximate surface area is 260 Å². The SMILES string of the molecule is Cc1cc(C(c2ccc(C(c3cc(C)c(O)c(C)c3)c3cc(C)c(O)c(C)c3)cc2)c2cc(C)c(O)c(C)c2)cc(C)c1O. The average molecular weight is 587 g/mol. The monoisotopic (exact) mass is 586 g/mol. The van der Waals surface area contributed by atoms with Crippen molar-refractivity contribution in [3.05, 3.63) is 151 Å². The Morgan fingerprint density at radius 2 is 0.455 bits per heavy atom. The fourth-order valence-corrected chi connectivity index (χ4v) is 6.66. The Bertz CT molecular complexity index is 1540. The topological polar surface area (TPSA) is 80.9 Å². The summed E-state index contributed by atoms with van der Waals surface area (Å²) in [7, 11) is 0. The quantitative estimate of drug-likeness (QED) is 0.149. The van der Waals surface area contributed by atoms with Crippen LogP contribution in [-0.4, -0.2) is 20.4 Å². The molecule has 4 nitrogen and oxygen atoms in total.